The van der Waals surface area contributed by atoms with Crippen molar-refractivity contribution < 1.29 is 13.9 Å². The molecule has 3 aromatic rings. The third kappa shape index (κ3) is 4.44. The van der Waals surface area contributed by atoms with E-state index in [-0.39, 0.29) is 23.5 Å². The van der Waals surface area contributed by atoms with Crippen molar-refractivity contribution in [1.82, 2.24) is 15.2 Å². The number of amides is 1. The number of hydrazone groups is 1. The van der Waals surface area contributed by atoms with Crippen LogP contribution < -0.4 is 10.5 Å². The monoisotopic (exact) mass is 443 g/mol. The molecular weight excluding hydrogens is 425 g/mol. The number of hydrogen-bond acceptors (Lipinski definition) is 8. The van der Waals surface area contributed by atoms with Gasteiger partial charge in [0.05, 0.1) is 24.6 Å². The fourth-order valence-electron chi connectivity index (χ4n) is 3.11. The average Bonchev–Trinajstić information content (AvgIpc) is 3.39. The van der Waals surface area contributed by atoms with Gasteiger partial charge >= 0.3 is 0 Å². The first kappa shape index (κ1) is 20.3. The van der Waals surface area contributed by atoms with Crippen molar-refractivity contribution >= 4 is 39.8 Å². The molecule has 0 aliphatic carbocycles. The highest BCUT2D eigenvalue weighted by molar-refractivity contribution is 8.01. The van der Waals surface area contributed by atoms with Gasteiger partial charge < -0.3 is 10.5 Å². The van der Waals surface area contributed by atoms with Crippen molar-refractivity contribution in [2.45, 2.75) is 16.8 Å². The first-order valence-corrected chi connectivity index (χ1v) is 10.8. The fraction of sp³-hybridized carbons (Fsp3) is 0.200. The van der Waals surface area contributed by atoms with E-state index in [9.17, 15) is 9.18 Å². The summed E-state index contributed by atoms with van der Waals surface area (Å²) in [6.07, 6.45) is 0.528. The summed E-state index contributed by atoms with van der Waals surface area (Å²) in [6.45, 7) is 0. The molecule has 2 N–H and O–H groups in total. The molecule has 0 saturated carbocycles. The highest BCUT2D eigenvalue weighted by Gasteiger charge is 2.33. The highest BCUT2D eigenvalue weighted by atomic mass is 32.2. The first-order chi connectivity index (χ1) is 14.5. The Bertz CT molecular complexity index is 1070. The largest absolute Gasteiger partial charge is 0.497 e. The second-order valence-corrected chi connectivity index (χ2v) is 8.71. The maximum absolute atomic E-state index is 13.3. The molecule has 10 heteroatoms. The standard InChI is InChI=1S/C20H18FN5O2S2/c1-28-15-8-4-13(5-9-15)17-10-16(12-2-6-14(21)7-3-12)25-26(17)18(27)11-29-20-24-23-19(22)30-20/h2-9,17H,10-11H2,1H3,(H2,22,23). The van der Waals surface area contributed by atoms with E-state index in [0.717, 1.165) is 22.6 Å². The molecular formula is C20H18FN5O2S2. The van der Waals surface area contributed by atoms with Gasteiger partial charge in [-0.15, -0.1) is 10.2 Å². The SMILES string of the molecule is COc1ccc(C2CC(c3ccc(F)cc3)=NN2C(=O)CSc2nnc(N)s2)cc1. The molecule has 0 bridgehead atoms. The van der Waals surface area contributed by atoms with Crippen LogP contribution in [0.2, 0.25) is 0 Å². The number of rotatable bonds is 6. The Morgan fingerprint density at radius 2 is 1.97 bits per heavy atom. The highest BCUT2D eigenvalue weighted by Crippen LogP contribution is 2.35. The third-order valence-corrected chi connectivity index (χ3v) is 6.46. The lowest BCUT2D eigenvalue weighted by Gasteiger charge is -2.22. The van der Waals surface area contributed by atoms with Crippen molar-refractivity contribution in [3.8, 4) is 5.75 Å². The Balaban J connectivity index is 1.58. The summed E-state index contributed by atoms with van der Waals surface area (Å²) in [5.41, 5.74) is 8.06. The zero-order valence-corrected chi connectivity index (χ0v) is 17.6. The number of anilines is 1. The van der Waals surface area contributed by atoms with Crippen molar-refractivity contribution in [2.75, 3.05) is 18.6 Å². The van der Waals surface area contributed by atoms with E-state index in [1.54, 1.807) is 19.2 Å². The van der Waals surface area contributed by atoms with Crippen LogP contribution in [-0.2, 0) is 4.79 Å². The van der Waals surface area contributed by atoms with Gasteiger partial charge in [0.1, 0.15) is 11.6 Å². The molecule has 2 aromatic carbocycles. The summed E-state index contributed by atoms with van der Waals surface area (Å²) in [5.74, 6) is 0.414. The van der Waals surface area contributed by atoms with E-state index in [4.69, 9.17) is 10.5 Å². The van der Waals surface area contributed by atoms with E-state index in [1.807, 2.05) is 24.3 Å². The predicted molar refractivity (Wildman–Crippen MR) is 115 cm³/mol. The fourth-order valence-corrected chi connectivity index (χ4v) is 4.60. The van der Waals surface area contributed by atoms with Crippen LogP contribution in [0.3, 0.4) is 0 Å². The van der Waals surface area contributed by atoms with Crippen molar-refractivity contribution in [3.05, 3.63) is 65.5 Å². The normalized spacial score (nSPS) is 15.9. The van der Waals surface area contributed by atoms with E-state index >= 15 is 0 Å². The number of nitrogen functional groups attached to an aromatic ring is 1. The van der Waals surface area contributed by atoms with Crippen LogP contribution >= 0.6 is 23.1 Å². The van der Waals surface area contributed by atoms with Crippen molar-refractivity contribution in [1.29, 1.82) is 0 Å². The van der Waals surface area contributed by atoms with Crippen LogP contribution in [0.4, 0.5) is 9.52 Å². The minimum Gasteiger partial charge on any atom is -0.497 e. The molecule has 7 nitrogen and oxygen atoms in total. The molecule has 1 aromatic heterocycles. The zero-order chi connectivity index (χ0) is 21.1. The number of ether oxygens (including phenoxy) is 1. The molecule has 1 unspecified atom stereocenters. The summed E-state index contributed by atoms with van der Waals surface area (Å²) in [4.78, 5) is 13.0. The molecule has 154 valence electrons. The van der Waals surface area contributed by atoms with Crippen LogP contribution in [0.1, 0.15) is 23.6 Å². The Kier molecular flexibility index (Phi) is 5.96. The average molecular weight is 444 g/mol. The predicted octanol–water partition coefficient (Wildman–Crippen LogP) is 3.74. The molecule has 2 heterocycles. The minimum absolute atomic E-state index is 0.154. The van der Waals surface area contributed by atoms with Crippen LogP contribution in [0.5, 0.6) is 5.75 Å². The number of nitrogens with two attached hydrogens (primary N) is 1. The lowest BCUT2D eigenvalue weighted by atomic mass is 9.98. The Hall–Kier alpha value is -2.98. The maximum atomic E-state index is 13.3. The quantitative estimate of drug-likeness (QED) is 0.584. The molecule has 1 aliphatic heterocycles. The lowest BCUT2D eigenvalue weighted by molar-refractivity contribution is -0.130. The van der Waals surface area contributed by atoms with Gasteiger partial charge in [0.2, 0.25) is 5.13 Å². The topological polar surface area (TPSA) is 93.7 Å². The first-order valence-electron chi connectivity index (χ1n) is 9.04. The third-order valence-electron chi connectivity index (χ3n) is 4.59. The molecule has 1 amide bonds. The smallest absolute Gasteiger partial charge is 0.253 e. The van der Waals surface area contributed by atoms with Crippen LogP contribution in [0.15, 0.2) is 58.0 Å². The molecule has 1 atom stereocenters. The number of thioether (sulfide) groups is 1. The summed E-state index contributed by atoms with van der Waals surface area (Å²) in [5, 5.41) is 14.1. The molecule has 0 fully saturated rings. The van der Waals surface area contributed by atoms with E-state index < -0.39 is 0 Å². The number of aromatic nitrogens is 2. The maximum Gasteiger partial charge on any atom is 0.253 e. The van der Waals surface area contributed by atoms with Gasteiger partial charge in [0.15, 0.2) is 4.34 Å². The van der Waals surface area contributed by atoms with Gasteiger partial charge in [0.25, 0.3) is 5.91 Å². The van der Waals surface area contributed by atoms with Gasteiger partial charge in [-0.2, -0.15) is 5.10 Å². The van der Waals surface area contributed by atoms with Crippen LogP contribution in [-0.4, -0.2) is 39.7 Å². The summed E-state index contributed by atoms with van der Waals surface area (Å²) < 4.78 is 19.2. The summed E-state index contributed by atoms with van der Waals surface area (Å²) in [7, 11) is 1.60. The summed E-state index contributed by atoms with van der Waals surface area (Å²) in [6, 6.07) is 13.4. The van der Waals surface area contributed by atoms with E-state index in [1.165, 1.54) is 40.2 Å². The number of carbonyl (C=O) groups excluding carboxylic acids is 1. The molecule has 1 aliphatic rings. The van der Waals surface area contributed by atoms with Crippen LogP contribution in [0, 0.1) is 5.82 Å². The van der Waals surface area contributed by atoms with Crippen molar-refractivity contribution in [2.24, 2.45) is 5.10 Å². The zero-order valence-electron chi connectivity index (χ0n) is 16.0. The van der Waals surface area contributed by atoms with Gasteiger partial charge in [-0.05, 0) is 35.4 Å². The van der Waals surface area contributed by atoms with Gasteiger partial charge in [0, 0.05) is 6.42 Å². The van der Waals surface area contributed by atoms with Crippen molar-refractivity contribution in [3.63, 3.8) is 0 Å². The lowest BCUT2D eigenvalue weighted by Crippen LogP contribution is -2.28. The minimum atomic E-state index is -0.315. The number of nitrogens with zero attached hydrogens (tertiary/aromatic N) is 4. The summed E-state index contributed by atoms with van der Waals surface area (Å²) >= 11 is 2.51. The molecule has 4 rings (SSSR count). The van der Waals surface area contributed by atoms with Gasteiger partial charge in [-0.3, -0.25) is 4.79 Å². The molecule has 0 saturated heterocycles. The second-order valence-electron chi connectivity index (χ2n) is 6.48. The number of hydrogen-bond donors (Lipinski definition) is 1. The Morgan fingerprint density at radius 1 is 1.23 bits per heavy atom. The second kappa shape index (κ2) is 8.80. The van der Waals surface area contributed by atoms with Gasteiger partial charge in [-0.1, -0.05) is 47.4 Å². The number of halogens is 1. The molecule has 0 radical (unpaired) electrons. The number of methoxy groups -OCH3 is 1. The van der Waals surface area contributed by atoms with Gasteiger partial charge in [-0.25, -0.2) is 9.40 Å². The Morgan fingerprint density at radius 3 is 2.60 bits per heavy atom. The Labute approximate surface area is 180 Å². The van der Waals surface area contributed by atoms with E-state index in [2.05, 4.69) is 15.3 Å². The number of carbonyl (C=O) groups is 1. The van der Waals surface area contributed by atoms with E-state index in [0.29, 0.717) is 15.9 Å². The van der Waals surface area contributed by atoms with Crippen LogP contribution in [0.25, 0.3) is 0 Å². The molecule has 0 spiro atoms. The number of benzene rings is 2. The molecule has 30 heavy (non-hydrogen) atoms.